The van der Waals surface area contributed by atoms with Gasteiger partial charge in [0.25, 0.3) is 5.91 Å². The average Bonchev–Trinajstić information content (AvgIpc) is 3.45. The Labute approximate surface area is 215 Å². The first-order chi connectivity index (χ1) is 18.1. The topological polar surface area (TPSA) is 93.1 Å². The monoisotopic (exact) mass is 490 g/mol. The van der Waals surface area contributed by atoms with Crippen LogP contribution in [-0.2, 0) is 0 Å². The molecule has 3 aromatic carbocycles. The lowest BCUT2D eigenvalue weighted by Crippen LogP contribution is -2.11. The number of carbonyl (C=O) groups is 1. The number of hydrogen-bond acceptors (Lipinski definition) is 6. The van der Waals surface area contributed by atoms with Gasteiger partial charge in [0.15, 0.2) is 0 Å². The first-order valence-electron chi connectivity index (χ1n) is 11.7. The van der Waals surface area contributed by atoms with E-state index < -0.39 is 0 Å². The summed E-state index contributed by atoms with van der Waals surface area (Å²) in [6.07, 6.45) is 3.93. The molecule has 0 aliphatic carbocycles. The van der Waals surface area contributed by atoms with Crippen LogP contribution in [0.5, 0.6) is 5.75 Å². The molecule has 0 bridgehead atoms. The first kappa shape index (κ1) is 23.6. The number of rotatable bonds is 8. The predicted molar refractivity (Wildman–Crippen MR) is 146 cm³/mol. The van der Waals surface area contributed by atoms with Gasteiger partial charge in [-0.3, -0.25) is 4.79 Å². The van der Waals surface area contributed by atoms with Gasteiger partial charge in [-0.2, -0.15) is 4.98 Å². The fourth-order valence-electron chi connectivity index (χ4n) is 3.77. The number of nitrogens with one attached hydrogen (secondary N) is 3. The summed E-state index contributed by atoms with van der Waals surface area (Å²) in [5.41, 5.74) is 4.79. The number of aryl methyl sites for hydroxylation is 1. The van der Waals surface area contributed by atoms with Crippen LogP contribution in [0.15, 0.2) is 103 Å². The molecule has 8 nitrogen and oxygen atoms in total. The Kier molecular flexibility index (Phi) is 6.80. The molecule has 5 rings (SSSR count). The van der Waals surface area contributed by atoms with Gasteiger partial charge in [0, 0.05) is 52.5 Å². The Hall–Kier alpha value is -5.11. The van der Waals surface area contributed by atoms with E-state index in [1.807, 2.05) is 115 Å². The molecule has 2 heterocycles. The Morgan fingerprint density at radius 3 is 2.08 bits per heavy atom. The minimum atomic E-state index is -0.170. The van der Waals surface area contributed by atoms with Crippen molar-refractivity contribution in [2.24, 2.45) is 0 Å². The van der Waals surface area contributed by atoms with Crippen LogP contribution in [0.3, 0.4) is 0 Å². The normalized spacial score (nSPS) is 10.5. The van der Waals surface area contributed by atoms with Crippen LogP contribution in [0, 0.1) is 6.92 Å². The Morgan fingerprint density at radius 1 is 0.784 bits per heavy atom. The van der Waals surface area contributed by atoms with Gasteiger partial charge in [-0.05, 0) is 91.9 Å². The molecule has 0 aliphatic heterocycles. The highest BCUT2D eigenvalue weighted by Gasteiger charge is 2.08. The molecule has 2 aromatic heterocycles. The molecule has 3 N–H and O–H groups in total. The zero-order valence-electron chi connectivity index (χ0n) is 20.5. The number of carbonyl (C=O) groups excluding carboxylic acids is 1. The number of hydrogen-bond donors (Lipinski definition) is 3. The summed E-state index contributed by atoms with van der Waals surface area (Å²) < 4.78 is 7.20. The standard InChI is InChI=1S/C29H26N6O2/c1-20-19-27(31-22-11-15-26(37-2)16-12-22)34-29(30-20)33-24-9-7-23(8-10-24)32-28(36)21-5-13-25(14-6-21)35-17-3-4-18-35/h3-19H,1-2H3,(H,32,36)(H2,30,31,33,34). The third-order valence-corrected chi connectivity index (χ3v) is 5.65. The summed E-state index contributed by atoms with van der Waals surface area (Å²) in [4.78, 5) is 21.7. The van der Waals surface area contributed by atoms with Crippen molar-refractivity contribution in [3.05, 3.63) is 115 Å². The maximum atomic E-state index is 12.7. The Bertz CT molecular complexity index is 1480. The van der Waals surface area contributed by atoms with Crippen LogP contribution in [0.2, 0.25) is 0 Å². The second-order valence-corrected chi connectivity index (χ2v) is 8.37. The van der Waals surface area contributed by atoms with Crippen molar-refractivity contribution in [1.29, 1.82) is 0 Å². The smallest absolute Gasteiger partial charge is 0.255 e. The molecule has 0 spiro atoms. The maximum Gasteiger partial charge on any atom is 0.255 e. The molecule has 37 heavy (non-hydrogen) atoms. The highest BCUT2D eigenvalue weighted by atomic mass is 16.5. The molecule has 8 heteroatoms. The maximum absolute atomic E-state index is 12.7. The average molecular weight is 491 g/mol. The van der Waals surface area contributed by atoms with E-state index in [0.717, 1.165) is 28.5 Å². The summed E-state index contributed by atoms with van der Waals surface area (Å²) >= 11 is 0. The van der Waals surface area contributed by atoms with Crippen LogP contribution in [-0.4, -0.2) is 27.6 Å². The van der Waals surface area contributed by atoms with Gasteiger partial charge in [0.1, 0.15) is 11.6 Å². The number of benzene rings is 3. The molecule has 1 amide bonds. The zero-order valence-corrected chi connectivity index (χ0v) is 20.5. The van der Waals surface area contributed by atoms with E-state index in [-0.39, 0.29) is 5.91 Å². The van der Waals surface area contributed by atoms with Gasteiger partial charge in [0.2, 0.25) is 5.95 Å². The number of ether oxygens (including phenoxy) is 1. The highest BCUT2D eigenvalue weighted by Crippen LogP contribution is 2.22. The number of nitrogens with zero attached hydrogens (tertiary/aromatic N) is 3. The first-order valence-corrected chi connectivity index (χ1v) is 11.7. The molecule has 0 radical (unpaired) electrons. The van der Waals surface area contributed by atoms with E-state index >= 15 is 0 Å². The van der Waals surface area contributed by atoms with Crippen molar-refractivity contribution in [3.8, 4) is 11.4 Å². The van der Waals surface area contributed by atoms with Crippen LogP contribution in [0.4, 0.5) is 28.8 Å². The van der Waals surface area contributed by atoms with E-state index in [9.17, 15) is 4.79 Å². The predicted octanol–water partition coefficient (Wildman–Crippen LogP) is 6.32. The van der Waals surface area contributed by atoms with Gasteiger partial charge in [0.05, 0.1) is 7.11 Å². The fourth-order valence-corrected chi connectivity index (χ4v) is 3.77. The van der Waals surface area contributed by atoms with Crippen molar-refractivity contribution >= 4 is 34.7 Å². The van der Waals surface area contributed by atoms with Gasteiger partial charge >= 0.3 is 0 Å². The van der Waals surface area contributed by atoms with E-state index in [2.05, 4.69) is 25.9 Å². The summed E-state index contributed by atoms with van der Waals surface area (Å²) in [6, 6.07) is 28.3. The van der Waals surface area contributed by atoms with Crippen LogP contribution >= 0.6 is 0 Å². The van der Waals surface area contributed by atoms with Gasteiger partial charge in [-0.1, -0.05) is 0 Å². The van der Waals surface area contributed by atoms with E-state index in [1.165, 1.54) is 0 Å². The van der Waals surface area contributed by atoms with Crippen LogP contribution in [0.1, 0.15) is 16.1 Å². The molecule has 0 fully saturated rings. The van der Waals surface area contributed by atoms with Crippen molar-refractivity contribution in [2.45, 2.75) is 6.92 Å². The quantitative estimate of drug-likeness (QED) is 0.236. The number of aromatic nitrogens is 3. The zero-order chi connectivity index (χ0) is 25.6. The van der Waals surface area contributed by atoms with E-state index in [1.54, 1.807) is 7.11 Å². The van der Waals surface area contributed by atoms with Crippen molar-refractivity contribution in [2.75, 3.05) is 23.1 Å². The molecule has 5 aromatic rings. The lowest BCUT2D eigenvalue weighted by atomic mass is 10.2. The molecule has 0 saturated carbocycles. The molecule has 0 aliphatic rings. The number of amides is 1. The summed E-state index contributed by atoms with van der Waals surface area (Å²) in [5.74, 6) is 1.76. The van der Waals surface area contributed by atoms with Crippen molar-refractivity contribution in [3.63, 3.8) is 0 Å². The van der Waals surface area contributed by atoms with Crippen LogP contribution < -0.4 is 20.7 Å². The highest BCUT2D eigenvalue weighted by molar-refractivity contribution is 6.04. The van der Waals surface area contributed by atoms with Gasteiger partial charge < -0.3 is 25.3 Å². The minimum absolute atomic E-state index is 0.170. The third kappa shape index (κ3) is 5.94. The van der Waals surface area contributed by atoms with Crippen molar-refractivity contribution < 1.29 is 9.53 Å². The number of methoxy groups -OCH3 is 1. The summed E-state index contributed by atoms with van der Waals surface area (Å²) in [7, 11) is 1.64. The molecular weight excluding hydrogens is 464 g/mol. The van der Waals surface area contributed by atoms with Crippen LogP contribution in [0.25, 0.3) is 5.69 Å². The Balaban J connectivity index is 1.21. The minimum Gasteiger partial charge on any atom is -0.497 e. The summed E-state index contributed by atoms with van der Waals surface area (Å²) in [6.45, 7) is 1.91. The van der Waals surface area contributed by atoms with E-state index in [0.29, 0.717) is 23.0 Å². The molecular formula is C29H26N6O2. The fraction of sp³-hybridized carbons (Fsp3) is 0.0690. The van der Waals surface area contributed by atoms with E-state index in [4.69, 9.17) is 4.74 Å². The van der Waals surface area contributed by atoms with Crippen molar-refractivity contribution in [1.82, 2.24) is 14.5 Å². The second kappa shape index (κ2) is 10.7. The molecule has 184 valence electrons. The summed E-state index contributed by atoms with van der Waals surface area (Å²) in [5, 5.41) is 9.44. The molecule has 0 unspecified atom stereocenters. The Morgan fingerprint density at radius 2 is 1.41 bits per heavy atom. The lowest BCUT2D eigenvalue weighted by molar-refractivity contribution is 0.102. The lowest BCUT2D eigenvalue weighted by Gasteiger charge is -2.11. The van der Waals surface area contributed by atoms with Gasteiger partial charge in [-0.15, -0.1) is 0 Å². The molecule has 0 saturated heterocycles. The molecule has 0 atom stereocenters. The number of anilines is 5. The SMILES string of the molecule is COc1ccc(Nc2cc(C)nc(Nc3ccc(NC(=O)c4ccc(-n5cccc5)cc4)cc3)n2)cc1. The third-order valence-electron chi connectivity index (χ3n) is 5.65. The largest absolute Gasteiger partial charge is 0.497 e. The second-order valence-electron chi connectivity index (χ2n) is 8.37. The van der Waals surface area contributed by atoms with Gasteiger partial charge in [-0.25, -0.2) is 4.98 Å².